The fourth-order valence-corrected chi connectivity index (χ4v) is 6.25. The number of hydrogen-bond acceptors (Lipinski definition) is 7. The Kier molecular flexibility index (Phi) is 5.79. The van der Waals surface area contributed by atoms with Crippen LogP contribution in [0.4, 0.5) is 5.69 Å². The van der Waals surface area contributed by atoms with Gasteiger partial charge in [-0.15, -0.1) is 0 Å². The van der Waals surface area contributed by atoms with Crippen LogP contribution in [-0.2, 0) is 29.1 Å². The van der Waals surface area contributed by atoms with Crippen molar-refractivity contribution in [2.45, 2.75) is 43.3 Å². The second kappa shape index (κ2) is 8.31. The molecule has 0 spiro atoms. The van der Waals surface area contributed by atoms with Gasteiger partial charge in [0.15, 0.2) is 0 Å². The zero-order chi connectivity index (χ0) is 24.0. The molecule has 33 heavy (non-hydrogen) atoms. The van der Waals surface area contributed by atoms with E-state index in [0.29, 0.717) is 11.3 Å². The molecule has 0 aliphatic carbocycles. The fourth-order valence-electron chi connectivity index (χ4n) is 4.55. The predicted octanol–water partition coefficient (Wildman–Crippen LogP) is 2.64. The summed E-state index contributed by atoms with van der Waals surface area (Å²) in [7, 11) is -4.05. The maximum atomic E-state index is 13.8. The van der Waals surface area contributed by atoms with Gasteiger partial charge < -0.3 is 9.47 Å². The quantitative estimate of drug-likeness (QED) is 0.393. The van der Waals surface area contributed by atoms with Crippen molar-refractivity contribution in [3.63, 3.8) is 0 Å². The van der Waals surface area contributed by atoms with Gasteiger partial charge in [0.05, 0.1) is 35.9 Å². The van der Waals surface area contributed by atoms with E-state index in [0.717, 1.165) is 5.56 Å². The Hall–Kier alpha value is -3.17. The highest BCUT2D eigenvalue weighted by Crippen LogP contribution is 2.52. The van der Waals surface area contributed by atoms with Crippen LogP contribution in [0.2, 0.25) is 0 Å². The van der Waals surface area contributed by atoms with Crippen molar-refractivity contribution in [2.75, 3.05) is 17.5 Å². The summed E-state index contributed by atoms with van der Waals surface area (Å²) in [6, 6.07) is 11.8. The molecule has 0 amide bonds. The van der Waals surface area contributed by atoms with Crippen molar-refractivity contribution in [2.24, 2.45) is 0 Å². The largest absolute Gasteiger partial charge is 0.464 e. The SMILES string of the molecule is C=C1[C@H]2[C@@H](NC1(C(=O)OCC)C(=O)OCC)c1cc(C)ccc1N2S(=O)(=O)c1ccccc1. The molecule has 9 heteroatoms. The summed E-state index contributed by atoms with van der Waals surface area (Å²) >= 11 is 0. The van der Waals surface area contributed by atoms with Crippen molar-refractivity contribution in [3.8, 4) is 0 Å². The van der Waals surface area contributed by atoms with E-state index in [1.54, 1.807) is 38.1 Å². The third-order valence-electron chi connectivity index (χ3n) is 6.00. The Labute approximate surface area is 193 Å². The van der Waals surface area contributed by atoms with Gasteiger partial charge in [0.2, 0.25) is 5.54 Å². The number of benzene rings is 2. The van der Waals surface area contributed by atoms with Crippen molar-refractivity contribution >= 4 is 27.6 Å². The van der Waals surface area contributed by atoms with E-state index in [1.165, 1.54) is 16.4 Å². The number of carbonyl (C=O) groups is 2. The number of sulfonamides is 1. The maximum absolute atomic E-state index is 13.8. The van der Waals surface area contributed by atoms with Crippen molar-refractivity contribution < 1.29 is 27.5 Å². The average molecular weight is 471 g/mol. The fraction of sp³-hybridized carbons (Fsp3) is 0.333. The first-order valence-electron chi connectivity index (χ1n) is 10.7. The van der Waals surface area contributed by atoms with Gasteiger partial charge in [0, 0.05) is 0 Å². The number of carbonyl (C=O) groups excluding carboxylic acids is 2. The molecule has 0 unspecified atom stereocenters. The van der Waals surface area contributed by atoms with Crippen LogP contribution in [-0.4, -0.2) is 45.2 Å². The number of aryl methyl sites for hydroxylation is 1. The molecule has 0 aromatic heterocycles. The summed E-state index contributed by atoms with van der Waals surface area (Å²) in [6.45, 7) is 9.25. The highest BCUT2D eigenvalue weighted by atomic mass is 32.2. The Morgan fingerprint density at radius 2 is 1.67 bits per heavy atom. The Morgan fingerprint density at radius 1 is 1.06 bits per heavy atom. The van der Waals surface area contributed by atoms with E-state index < -0.39 is 39.6 Å². The molecule has 2 heterocycles. The third-order valence-corrected chi connectivity index (χ3v) is 7.81. The van der Waals surface area contributed by atoms with E-state index in [2.05, 4.69) is 11.9 Å². The van der Waals surface area contributed by atoms with E-state index in [-0.39, 0.29) is 23.7 Å². The first-order valence-corrected chi connectivity index (χ1v) is 12.2. The molecule has 0 saturated carbocycles. The van der Waals surface area contributed by atoms with Gasteiger partial charge in [-0.1, -0.05) is 42.5 Å². The van der Waals surface area contributed by atoms with Gasteiger partial charge >= 0.3 is 11.9 Å². The first-order chi connectivity index (χ1) is 15.7. The lowest BCUT2D eigenvalue weighted by molar-refractivity contribution is -0.163. The van der Waals surface area contributed by atoms with E-state index in [9.17, 15) is 18.0 Å². The topological polar surface area (TPSA) is 102 Å². The monoisotopic (exact) mass is 470 g/mol. The van der Waals surface area contributed by atoms with E-state index in [1.807, 2.05) is 19.1 Å². The van der Waals surface area contributed by atoms with Gasteiger partial charge in [-0.2, -0.15) is 0 Å². The van der Waals surface area contributed by atoms with Crippen LogP contribution in [0.3, 0.4) is 0 Å². The second-order valence-corrected chi connectivity index (χ2v) is 9.77. The lowest BCUT2D eigenvalue weighted by Crippen LogP contribution is -2.58. The second-order valence-electron chi connectivity index (χ2n) is 7.96. The minimum Gasteiger partial charge on any atom is -0.464 e. The molecule has 8 nitrogen and oxygen atoms in total. The molecule has 2 aliphatic rings. The highest BCUT2D eigenvalue weighted by Gasteiger charge is 2.65. The first kappa shape index (κ1) is 23.0. The molecule has 174 valence electrons. The van der Waals surface area contributed by atoms with Gasteiger partial charge in [-0.25, -0.2) is 18.0 Å². The molecule has 1 N–H and O–H groups in total. The van der Waals surface area contributed by atoms with Crippen LogP contribution in [0.1, 0.15) is 31.0 Å². The van der Waals surface area contributed by atoms with Crippen LogP contribution >= 0.6 is 0 Å². The summed E-state index contributed by atoms with van der Waals surface area (Å²) in [4.78, 5) is 26.3. The van der Waals surface area contributed by atoms with Crippen molar-refractivity contribution in [1.82, 2.24) is 5.32 Å². The van der Waals surface area contributed by atoms with Gasteiger partial charge in [0.25, 0.3) is 10.0 Å². The molecule has 1 fully saturated rings. The van der Waals surface area contributed by atoms with Crippen LogP contribution in [0.15, 0.2) is 65.6 Å². The Balaban J connectivity index is 1.92. The molecule has 2 atom stereocenters. The molecule has 4 rings (SSSR count). The molecule has 0 bridgehead atoms. The highest BCUT2D eigenvalue weighted by molar-refractivity contribution is 7.93. The van der Waals surface area contributed by atoms with Gasteiger partial charge in [0.1, 0.15) is 0 Å². The van der Waals surface area contributed by atoms with Crippen LogP contribution in [0, 0.1) is 6.92 Å². The normalized spacial score (nSPS) is 20.8. The number of esters is 2. The molecule has 2 aliphatic heterocycles. The van der Waals surface area contributed by atoms with Crippen molar-refractivity contribution in [3.05, 3.63) is 71.8 Å². The van der Waals surface area contributed by atoms with Gasteiger partial charge in [-0.3, -0.25) is 9.62 Å². The number of nitrogens with zero attached hydrogens (tertiary/aromatic N) is 1. The maximum Gasteiger partial charge on any atom is 0.342 e. The average Bonchev–Trinajstić information content (AvgIpc) is 3.27. The number of anilines is 1. The van der Waals surface area contributed by atoms with Crippen LogP contribution in [0.5, 0.6) is 0 Å². The summed E-state index contributed by atoms with van der Waals surface area (Å²) in [6.07, 6.45) is 0. The third kappa shape index (κ3) is 3.34. The zero-order valence-corrected chi connectivity index (χ0v) is 19.5. The van der Waals surface area contributed by atoms with Crippen molar-refractivity contribution in [1.29, 1.82) is 0 Å². The minimum atomic E-state index is -4.05. The summed E-state index contributed by atoms with van der Waals surface area (Å²) in [5, 5.41) is 3.07. The number of rotatable bonds is 6. The molecule has 2 aromatic carbocycles. The molecular weight excluding hydrogens is 444 g/mol. The number of hydrogen-bond donors (Lipinski definition) is 1. The van der Waals surface area contributed by atoms with E-state index >= 15 is 0 Å². The molecule has 1 saturated heterocycles. The summed E-state index contributed by atoms with van der Waals surface area (Å²) < 4.78 is 39.3. The molecule has 2 aromatic rings. The number of ether oxygens (including phenoxy) is 2. The molecule has 0 radical (unpaired) electrons. The predicted molar refractivity (Wildman–Crippen MR) is 122 cm³/mol. The standard InChI is InChI=1S/C24H26N2O6S/c1-5-31-22(27)24(23(28)32-6-2)16(4)21-20(25-24)18-14-15(3)12-13-19(18)26(21)33(29,30)17-10-8-7-9-11-17/h7-14,20-21,25H,4-6H2,1-3H3/t20-,21-/m0/s1. The Bertz CT molecular complexity index is 1210. The zero-order valence-electron chi connectivity index (χ0n) is 18.7. The lowest BCUT2D eigenvalue weighted by atomic mass is 9.90. The number of fused-ring (bicyclic) bond motifs is 3. The summed E-state index contributed by atoms with van der Waals surface area (Å²) in [5.74, 6) is -1.73. The lowest BCUT2D eigenvalue weighted by Gasteiger charge is -2.31. The summed E-state index contributed by atoms with van der Waals surface area (Å²) in [5.41, 5.74) is 0.0692. The number of nitrogens with one attached hydrogen (secondary N) is 1. The smallest absolute Gasteiger partial charge is 0.342 e. The minimum absolute atomic E-state index is 0.0337. The Morgan fingerprint density at radius 3 is 2.24 bits per heavy atom. The van der Waals surface area contributed by atoms with Crippen LogP contribution in [0.25, 0.3) is 0 Å². The molecular formula is C24H26N2O6S. The van der Waals surface area contributed by atoms with Crippen LogP contribution < -0.4 is 9.62 Å². The van der Waals surface area contributed by atoms with E-state index in [4.69, 9.17) is 9.47 Å². The van der Waals surface area contributed by atoms with Gasteiger partial charge in [-0.05, 0) is 50.1 Å².